The van der Waals surface area contributed by atoms with Gasteiger partial charge in [-0.15, -0.1) is 0 Å². The maximum atomic E-state index is 13.2. The summed E-state index contributed by atoms with van der Waals surface area (Å²) in [5, 5.41) is 0. The molecule has 5 nitrogen and oxygen atoms in total. The number of unbranched alkanes of at least 4 members (excludes halogenated alkanes) is 15. The minimum Gasteiger partial charge on any atom is -0.462 e. The molecule has 68 heavy (non-hydrogen) atoms. The summed E-state index contributed by atoms with van der Waals surface area (Å²) in [6.45, 7) is 20.9. The number of esters is 2. The molecule has 3 saturated carbocycles. The molecule has 0 amide bonds. The first kappa shape index (κ1) is 59.2. The Morgan fingerprint density at radius 3 is 1.82 bits per heavy atom. The Morgan fingerprint density at radius 1 is 0.632 bits per heavy atom. The number of carbonyl (C=O) groups excluding carboxylic acids is 2. The van der Waals surface area contributed by atoms with Crippen LogP contribution >= 0.6 is 0 Å². The lowest BCUT2D eigenvalue weighted by Crippen LogP contribution is -2.51. The minimum absolute atomic E-state index is 0.0365. The summed E-state index contributed by atoms with van der Waals surface area (Å²) in [6, 6.07) is 0. The van der Waals surface area contributed by atoms with Crippen molar-refractivity contribution in [2.45, 2.75) is 299 Å². The highest BCUT2D eigenvalue weighted by molar-refractivity contribution is 5.69. The molecular formula is C63H115NO4. The fourth-order valence-electron chi connectivity index (χ4n) is 14.6. The molecule has 0 spiro atoms. The second kappa shape index (κ2) is 32.0. The molecule has 10 unspecified atom stereocenters. The maximum absolute atomic E-state index is 13.2. The molecule has 0 aromatic rings. The molecule has 0 radical (unpaired) electrons. The van der Waals surface area contributed by atoms with Crippen LogP contribution in [0, 0.1) is 58.2 Å². The zero-order valence-corrected chi connectivity index (χ0v) is 47.1. The van der Waals surface area contributed by atoms with Crippen LogP contribution in [0.3, 0.4) is 0 Å². The molecule has 0 aromatic heterocycles. The third-order valence-corrected chi connectivity index (χ3v) is 19.6. The van der Waals surface area contributed by atoms with Gasteiger partial charge in [0, 0.05) is 19.3 Å². The van der Waals surface area contributed by atoms with Gasteiger partial charge in [-0.2, -0.15) is 0 Å². The van der Waals surface area contributed by atoms with E-state index in [4.69, 9.17) is 9.47 Å². The summed E-state index contributed by atoms with van der Waals surface area (Å²) in [5.41, 5.74) is 2.44. The molecule has 0 bridgehead atoms. The number of rotatable bonds is 37. The van der Waals surface area contributed by atoms with Crippen molar-refractivity contribution in [3.8, 4) is 0 Å². The van der Waals surface area contributed by atoms with Gasteiger partial charge in [-0.05, 0) is 169 Å². The van der Waals surface area contributed by atoms with Crippen molar-refractivity contribution in [1.29, 1.82) is 0 Å². The molecule has 4 aliphatic carbocycles. The Balaban J connectivity index is 1.11. The van der Waals surface area contributed by atoms with E-state index >= 15 is 0 Å². The van der Waals surface area contributed by atoms with Crippen molar-refractivity contribution in [3.05, 3.63) is 11.6 Å². The van der Waals surface area contributed by atoms with Gasteiger partial charge in [0.2, 0.25) is 0 Å². The van der Waals surface area contributed by atoms with Crippen LogP contribution in [-0.2, 0) is 19.1 Å². The van der Waals surface area contributed by atoms with E-state index in [1.165, 1.54) is 167 Å². The van der Waals surface area contributed by atoms with E-state index in [1.54, 1.807) is 5.57 Å². The Morgan fingerprint density at radius 2 is 1.21 bits per heavy atom. The summed E-state index contributed by atoms with van der Waals surface area (Å²) in [5.74, 6) is 6.71. The van der Waals surface area contributed by atoms with Gasteiger partial charge in [-0.3, -0.25) is 9.59 Å². The predicted octanol–water partition coefficient (Wildman–Crippen LogP) is 18.5. The molecule has 5 heteroatoms. The van der Waals surface area contributed by atoms with Crippen molar-refractivity contribution in [1.82, 2.24) is 4.90 Å². The highest BCUT2D eigenvalue weighted by Crippen LogP contribution is 2.67. The highest BCUT2D eigenvalue weighted by Gasteiger charge is 2.59. The summed E-state index contributed by atoms with van der Waals surface area (Å²) >= 11 is 0. The number of nitrogens with zero attached hydrogens (tertiary/aromatic N) is 1. The summed E-state index contributed by atoms with van der Waals surface area (Å²) in [4.78, 5) is 28.5. The lowest BCUT2D eigenvalue weighted by molar-refractivity contribution is -0.152. The fourth-order valence-corrected chi connectivity index (χ4v) is 14.6. The summed E-state index contributed by atoms with van der Waals surface area (Å²) in [7, 11) is 4.38. The zero-order chi connectivity index (χ0) is 49.4. The molecule has 4 rings (SSSR count). The minimum atomic E-state index is 0.0365. The van der Waals surface area contributed by atoms with Crippen LogP contribution in [0.1, 0.15) is 287 Å². The van der Waals surface area contributed by atoms with E-state index in [9.17, 15) is 9.59 Å². The lowest BCUT2D eigenvalue weighted by Gasteiger charge is -2.58. The van der Waals surface area contributed by atoms with E-state index in [1.807, 2.05) is 0 Å². The number of hydrogen-bond acceptors (Lipinski definition) is 5. The summed E-state index contributed by atoms with van der Waals surface area (Å²) in [6.07, 6.45) is 46.1. The Bertz CT molecular complexity index is 1390. The van der Waals surface area contributed by atoms with E-state index in [0.717, 1.165) is 105 Å². The van der Waals surface area contributed by atoms with Crippen LogP contribution in [0.2, 0.25) is 0 Å². The number of allylic oxidation sites excluding steroid dienone is 1. The number of ether oxygens (including phenoxy) is 2. The molecule has 0 aliphatic heterocycles. The molecular weight excluding hydrogens is 835 g/mol. The number of hydrogen-bond donors (Lipinski definition) is 0. The van der Waals surface area contributed by atoms with Crippen LogP contribution in [0.15, 0.2) is 11.6 Å². The molecule has 0 aromatic carbocycles. The zero-order valence-electron chi connectivity index (χ0n) is 47.1. The van der Waals surface area contributed by atoms with Crippen molar-refractivity contribution < 1.29 is 19.1 Å². The third-order valence-electron chi connectivity index (χ3n) is 19.6. The van der Waals surface area contributed by atoms with Gasteiger partial charge in [0.25, 0.3) is 0 Å². The SMILES string of the molecule is CCCCCCCCC(CCCCCCCC)OC(=O)CCCCCCC(CCCCCC(=O)OC1CCC2(C)C(=CCC3C2CCC2(C)C(C(C)CCC(C)C(C)C)CCC32)C1)CCN(C)C. The van der Waals surface area contributed by atoms with Crippen LogP contribution in [0.5, 0.6) is 0 Å². The van der Waals surface area contributed by atoms with Crippen LogP contribution in [-0.4, -0.2) is 49.7 Å². The fraction of sp³-hybridized carbons (Fsp3) is 0.937. The second-order valence-corrected chi connectivity index (χ2v) is 25.4. The molecule has 0 N–H and O–H groups in total. The first-order valence-corrected chi connectivity index (χ1v) is 30.4. The average molecular weight is 951 g/mol. The first-order chi connectivity index (χ1) is 32.7. The topological polar surface area (TPSA) is 55.8 Å². The number of carbonyl (C=O) groups is 2. The highest BCUT2D eigenvalue weighted by atomic mass is 16.5. The van der Waals surface area contributed by atoms with Gasteiger partial charge in [-0.25, -0.2) is 0 Å². The van der Waals surface area contributed by atoms with E-state index < -0.39 is 0 Å². The molecule has 3 fully saturated rings. The normalized spacial score (nSPS) is 27.1. The molecule has 396 valence electrons. The van der Waals surface area contributed by atoms with Gasteiger partial charge < -0.3 is 14.4 Å². The lowest BCUT2D eigenvalue weighted by atomic mass is 9.47. The van der Waals surface area contributed by atoms with Crippen LogP contribution in [0.4, 0.5) is 0 Å². The van der Waals surface area contributed by atoms with Crippen LogP contribution < -0.4 is 0 Å². The maximum Gasteiger partial charge on any atom is 0.306 e. The Labute approximate surface area is 423 Å². The van der Waals surface area contributed by atoms with Gasteiger partial charge >= 0.3 is 11.9 Å². The Kier molecular flexibility index (Phi) is 27.8. The van der Waals surface area contributed by atoms with Gasteiger partial charge in [0.05, 0.1) is 0 Å². The average Bonchev–Trinajstić information content (AvgIpc) is 3.67. The molecule has 4 aliphatic rings. The van der Waals surface area contributed by atoms with Crippen LogP contribution in [0.25, 0.3) is 0 Å². The van der Waals surface area contributed by atoms with Crippen molar-refractivity contribution >= 4 is 11.9 Å². The largest absolute Gasteiger partial charge is 0.462 e. The molecule has 10 atom stereocenters. The summed E-state index contributed by atoms with van der Waals surface area (Å²) < 4.78 is 12.4. The Hall–Kier alpha value is -1.36. The standard InChI is InChI=1S/C63H115NO4/c1-11-13-15-17-19-26-32-54(33-27-20-18-16-14-12-2)67-60(65)34-28-22-21-24-30-52(44-47-64(9)10)31-25-23-29-35-61(66)68-55-42-45-62(7)53(48-55)38-39-56-58-41-40-57(63(58,8)46-43-59(56)62)51(6)37-36-50(5)49(3)4/h38,49-52,54-59H,11-37,39-48H2,1-10H3. The van der Waals surface area contributed by atoms with E-state index in [2.05, 4.69) is 80.5 Å². The van der Waals surface area contributed by atoms with Gasteiger partial charge in [-0.1, -0.05) is 189 Å². The van der Waals surface area contributed by atoms with Gasteiger partial charge in [0.15, 0.2) is 0 Å². The van der Waals surface area contributed by atoms with Gasteiger partial charge in [0.1, 0.15) is 12.2 Å². The number of fused-ring (bicyclic) bond motifs is 5. The first-order valence-electron chi connectivity index (χ1n) is 30.4. The third kappa shape index (κ3) is 19.6. The smallest absolute Gasteiger partial charge is 0.306 e. The quantitative estimate of drug-likeness (QED) is 0.0353. The second-order valence-electron chi connectivity index (χ2n) is 25.4. The van der Waals surface area contributed by atoms with Crippen molar-refractivity contribution in [3.63, 3.8) is 0 Å². The molecule has 0 heterocycles. The van der Waals surface area contributed by atoms with E-state index in [-0.39, 0.29) is 24.1 Å². The predicted molar refractivity (Wildman–Crippen MR) is 291 cm³/mol. The van der Waals surface area contributed by atoms with Crippen molar-refractivity contribution in [2.24, 2.45) is 58.2 Å². The van der Waals surface area contributed by atoms with Crippen molar-refractivity contribution in [2.75, 3.05) is 20.6 Å². The molecule has 0 saturated heterocycles. The van der Waals surface area contributed by atoms with E-state index in [0.29, 0.717) is 23.7 Å². The monoisotopic (exact) mass is 950 g/mol.